The lowest BCUT2D eigenvalue weighted by Crippen LogP contribution is -2.51. The molecule has 0 radical (unpaired) electrons. The third-order valence-corrected chi connectivity index (χ3v) is 4.46. The number of rotatable bonds is 3. The van der Waals surface area contributed by atoms with E-state index < -0.39 is 0 Å². The second kappa shape index (κ2) is 4.63. The van der Waals surface area contributed by atoms with Crippen LogP contribution in [0.4, 0.5) is 0 Å². The van der Waals surface area contributed by atoms with E-state index in [9.17, 15) is 0 Å². The van der Waals surface area contributed by atoms with E-state index in [0.29, 0.717) is 12.1 Å². The maximum absolute atomic E-state index is 5.91. The fraction of sp³-hybridized carbons (Fsp3) is 1.00. The molecule has 0 amide bonds. The van der Waals surface area contributed by atoms with Crippen molar-refractivity contribution in [2.75, 3.05) is 6.61 Å². The van der Waals surface area contributed by atoms with Crippen molar-refractivity contribution in [1.82, 2.24) is 5.48 Å². The predicted octanol–water partition coefficient (Wildman–Crippen LogP) is 2.55. The fourth-order valence-electron chi connectivity index (χ4n) is 3.25. The predicted molar refractivity (Wildman–Crippen MR) is 62.0 cm³/mol. The number of hydrogen-bond acceptors (Lipinski definition) is 3. The Balaban J connectivity index is 1.43. The monoisotopic (exact) mass is 225 g/mol. The van der Waals surface area contributed by atoms with Crippen LogP contribution in [0.2, 0.25) is 0 Å². The molecule has 1 heterocycles. The van der Waals surface area contributed by atoms with Crippen LogP contribution in [0.5, 0.6) is 0 Å². The maximum Gasteiger partial charge on any atom is 0.0790 e. The lowest BCUT2D eigenvalue weighted by atomic mass is 9.74. The topological polar surface area (TPSA) is 30.5 Å². The Kier molecular flexibility index (Phi) is 3.18. The number of ether oxygens (including phenoxy) is 1. The molecule has 2 aliphatic carbocycles. The van der Waals surface area contributed by atoms with Gasteiger partial charge in [-0.1, -0.05) is 12.8 Å². The van der Waals surface area contributed by atoms with E-state index in [4.69, 9.17) is 9.57 Å². The molecule has 3 fully saturated rings. The molecule has 0 bridgehead atoms. The Hall–Kier alpha value is -0.120. The van der Waals surface area contributed by atoms with Crippen molar-refractivity contribution in [3.8, 4) is 0 Å². The van der Waals surface area contributed by atoms with Crippen molar-refractivity contribution in [3.63, 3.8) is 0 Å². The second-order valence-corrected chi connectivity index (χ2v) is 5.72. The Morgan fingerprint density at radius 2 is 1.88 bits per heavy atom. The summed E-state index contributed by atoms with van der Waals surface area (Å²) in [6, 6.07) is 0.523. The van der Waals surface area contributed by atoms with Crippen LogP contribution in [0.15, 0.2) is 0 Å². The fourth-order valence-corrected chi connectivity index (χ4v) is 3.25. The van der Waals surface area contributed by atoms with Crippen molar-refractivity contribution in [3.05, 3.63) is 0 Å². The molecule has 3 aliphatic rings. The summed E-state index contributed by atoms with van der Waals surface area (Å²) in [4.78, 5) is 5.80. The van der Waals surface area contributed by atoms with Gasteiger partial charge in [0.2, 0.25) is 0 Å². The van der Waals surface area contributed by atoms with Crippen molar-refractivity contribution < 1.29 is 9.57 Å². The molecule has 16 heavy (non-hydrogen) atoms. The van der Waals surface area contributed by atoms with E-state index in [2.05, 4.69) is 5.48 Å². The van der Waals surface area contributed by atoms with Gasteiger partial charge in [0, 0.05) is 12.6 Å². The van der Waals surface area contributed by atoms with Crippen molar-refractivity contribution in [1.29, 1.82) is 0 Å². The third kappa shape index (κ3) is 2.27. The highest BCUT2D eigenvalue weighted by Gasteiger charge is 2.42. The van der Waals surface area contributed by atoms with Crippen LogP contribution >= 0.6 is 0 Å². The van der Waals surface area contributed by atoms with Crippen LogP contribution in [-0.4, -0.2) is 24.4 Å². The molecule has 92 valence electrons. The van der Waals surface area contributed by atoms with Crippen molar-refractivity contribution >= 4 is 0 Å². The zero-order chi connectivity index (χ0) is 10.8. The molecule has 3 heteroatoms. The average molecular weight is 225 g/mol. The van der Waals surface area contributed by atoms with Crippen LogP contribution in [0, 0.1) is 0 Å². The summed E-state index contributed by atoms with van der Waals surface area (Å²) in [6.07, 6.45) is 11.7. The zero-order valence-electron chi connectivity index (χ0n) is 10.0. The Morgan fingerprint density at radius 1 is 1.06 bits per heavy atom. The molecule has 0 aromatic rings. The summed E-state index contributed by atoms with van der Waals surface area (Å²) in [5.41, 5.74) is 3.54. The van der Waals surface area contributed by atoms with E-state index in [-0.39, 0.29) is 5.60 Å². The van der Waals surface area contributed by atoms with E-state index in [1.165, 1.54) is 44.9 Å². The third-order valence-electron chi connectivity index (χ3n) is 4.46. The quantitative estimate of drug-likeness (QED) is 0.749. The van der Waals surface area contributed by atoms with Gasteiger partial charge in [-0.2, -0.15) is 5.48 Å². The first-order valence-electron chi connectivity index (χ1n) is 6.91. The van der Waals surface area contributed by atoms with Gasteiger partial charge >= 0.3 is 0 Å². The first-order valence-corrected chi connectivity index (χ1v) is 6.91. The molecule has 1 saturated heterocycles. The smallest absolute Gasteiger partial charge is 0.0790 e. The van der Waals surface area contributed by atoms with Gasteiger partial charge in [-0.15, -0.1) is 0 Å². The van der Waals surface area contributed by atoms with Crippen LogP contribution in [-0.2, 0) is 9.57 Å². The number of hydroxylamine groups is 1. The lowest BCUT2D eigenvalue weighted by molar-refractivity contribution is -0.156. The van der Waals surface area contributed by atoms with Crippen LogP contribution in [0.3, 0.4) is 0 Å². The highest BCUT2D eigenvalue weighted by Crippen LogP contribution is 2.42. The molecule has 1 aliphatic heterocycles. The standard InChI is InChI=1S/C13H23NO2/c1-2-5-12(4-1)16-14-11-6-9-15-13(10-11)7-3-8-13/h11-12,14H,1-10H2. The largest absolute Gasteiger partial charge is 0.375 e. The summed E-state index contributed by atoms with van der Waals surface area (Å²) in [5.74, 6) is 0. The van der Waals surface area contributed by atoms with E-state index >= 15 is 0 Å². The van der Waals surface area contributed by atoms with Crippen molar-refractivity contribution in [2.45, 2.75) is 75.5 Å². The van der Waals surface area contributed by atoms with Gasteiger partial charge in [0.15, 0.2) is 0 Å². The summed E-state index contributed by atoms with van der Waals surface area (Å²) < 4.78 is 5.91. The SMILES string of the molecule is C1CCC(ONC2CCOC3(CCC3)C2)C1. The summed E-state index contributed by atoms with van der Waals surface area (Å²) >= 11 is 0. The van der Waals surface area contributed by atoms with E-state index in [1.807, 2.05) is 0 Å². The van der Waals surface area contributed by atoms with Gasteiger partial charge in [0.25, 0.3) is 0 Å². The molecule has 2 saturated carbocycles. The summed E-state index contributed by atoms with van der Waals surface area (Å²) in [7, 11) is 0. The normalized spacial score (nSPS) is 34.1. The molecule has 1 atom stereocenters. The van der Waals surface area contributed by atoms with Crippen molar-refractivity contribution in [2.24, 2.45) is 0 Å². The van der Waals surface area contributed by atoms with Crippen LogP contribution in [0.1, 0.15) is 57.8 Å². The Bertz CT molecular complexity index is 234. The average Bonchev–Trinajstić information content (AvgIpc) is 2.77. The molecular weight excluding hydrogens is 202 g/mol. The molecule has 1 spiro atoms. The highest BCUT2D eigenvalue weighted by atomic mass is 16.7. The summed E-state index contributed by atoms with van der Waals surface area (Å²) in [5, 5.41) is 0. The molecule has 0 aromatic heterocycles. The minimum absolute atomic E-state index is 0.231. The second-order valence-electron chi connectivity index (χ2n) is 5.72. The van der Waals surface area contributed by atoms with Gasteiger partial charge in [-0.25, -0.2) is 0 Å². The number of hydrogen-bond donors (Lipinski definition) is 1. The van der Waals surface area contributed by atoms with Gasteiger partial charge in [0.05, 0.1) is 11.7 Å². The Morgan fingerprint density at radius 3 is 2.56 bits per heavy atom. The van der Waals surface area contributed by atoms with Crippen LogP contribution in [0.25, 0.3) is 0 Å². The highest BCUT2D eigenvalue weighted by molar-refractivity contribution is 4.95. The maximum atomic E-state index is 5.91. The molecule has 3 nitrogen and oxygen atoms in total. The minimum Gasteiger partial charge on any atom is -0.375 e. The minimum atomic E-state index is 0.231. The summed E-state index contributed by atoms with van der Waals surface area (Å²) in [6.45, 7) is 0.908. The van der Waals surface area contributed by atoms with Gasteiger partial charge in [0.1, 0.15) is 0 Å². The number of nitrogens with one attached hydrogen (secondary N) is 1. The van der Waals surface area contributed by atoms with Gasteiger partial charge in [-0.05, 0) is 44.9 Å². The Labute approximate surface area is 97.8 Å². The molecule has 1 unspecified atom stereocenters. The molecular formula is C13H23NO2. The first kappa shape index (κ1) is 11.0. The molecule has 0 aromatic carbocycles. The van der Waals surface area contributed by atoms with E-state index in [1.54, 1.807) is 0 Å². The van der Waals surface area contributed by atoms with Crippen LogP contribution < -0.4 is 5.48 Å². The van der Waals surface area contributed by atoms with Gasteiger partial charge in [-0.3, -0.25) is 4.84 Å². The zero-order valence-corrected chi connectivity index (χ0v) is 10.0. The van der Waals surface area contributed by atoms with Gasteiger partial charge < -0.3 is 4.74 Å². The molecule has 3 rings (SSSR count). The van der Waals surface area contributed by atoms with E-state index in [0.717, 1.165) is 19.4 Å². The molecule has 1 N–H and O–H groups in total. The first-order chi connectivity index (χ1) is 7.86. The lowest BCUT2D eigenvalue weighted by Gasteiger charge is -2.47.